The fraction of sp³-hybridized carbons (Fsp3) is 0.200. The van der Waals surface area contributed by atoms with Crippen LogP contribution in [-0.4, -0.2) is 24.9 Å². The number of nitrogens with zero attached hydrogens (tertiary/aromatic N) is 2. The molecule has 3 nitrogen and oxygen atoms in total. The highest BCUT2D eigenvalue weighted by Crippen LogP contribution is 2.23. The van der Waals surface area contributed by atoms with E-state index in [4.69, 9.17) is 0 Å². The third kappa shape index (κ3) is 3.17. The van der Waals surface area contributed by atoms with E-state index < -0.39 is 11.6 Å². The first-order chi connectivity index (χ1) is 9.61. The first-order valence-electron chi connectivity index (χ1n) is 6.17. The number of anilines is 1. The summed E-state index contributed by atoms with van der Waals surface area (Å²) in [6, 6.07) is 7.59. The number of carbonyl (C=O) groups is 1. The molecule has 0 atom stereocenters. The number of likely N-dealkylation sites (N-methyl/N-ethyl adjacent to an activating group) is 1. The van der Waals surface area contributed by atoms with Crippen molar-refractivity contribution in [2.75, 3.05) is 18.5 Å². The lowest BCUT2D eigenvalue weighted by Crippen LogP contribution is -2.23. The van der Waals surface area contributed by atoms with E-state index in [1.807, 2.05) is 18.2 Å². The molecule has 0 aliphatic rings. The molecule has 0 aliphatic heterocycles. The van der Waals surface area contributed by atoms with Gasteiger partial charge in [0.05, 0.1) is 0 Å². The zero-order valence-corrected chi connectivity index (χ0v) is 11.0. The van der Waals surface area contributed by atoms with Crippen LogP contribution in [0.15, 0.2) is 36.5 Å². The summed E-state index contributed by atoms with van der Waals surface area (Å²) in [5.74, 6) is -1.48. The van der Waals surface area contributed by atoms with Gasteiger partial charge in [-0.3, -0.25) is 9.78 Å². The molecule has 2 aromatic rings. The maximum absolute atomic E-state index is 13.8. The van der Waals surface area contributed by atoms with Crippen LogP contribution >= 0.6 is 0 Å². The first kappa shape index (κ1) is 14.1. The zero-order chi connectivity index (χ0) is 14.5. The summed E-state index contributed by atoms with van der Waals surface area (Å²) in [6.07, 6.45) is 2.67. The Morgan fingerprint density at radius 3 is 2.50 bits per heavy atom. The molecule has 0 aliphatic carbocycles. The number of halogens is 2. The maximum Gasteiger partial charge on any atom is 0.150 e. The van der Waals surface area contributed by atoms with Crippen LogP contribution in [0.1, 0.15) is 16.1 Å². The normalized spacial score (nSPS) is 10.3. The smallest absolute Gasteiger partial charge is 0.150 e. The fourth-order valence-electron chi connectivity index (χ4n) is 1.96. The van der Waals surface area contributed by atoms with E-state index in [1.54, 1.807) is 13.2 Å². The molecule has 0 radical (unpaired) electrons. The topological polar surface area (TPSA) is 33.2 Å². The van der Waals surface area contributed by atoms with Gasteiger partial charge in [0.2, 0.25) is 0 Å². The van der Waals surface area contributed by atoms with Gasteiger partial charge in [0.15, 0.2) is 0 Å². The van der Waals surface area contributed by atoms with E-state index in [9.17, 15) is 13.6 Å². The molecule has 0 spiro atoms. The average Bonchev–Trinajstić information content (AvgIpc) is 2.45. The van der Waals surface area contributed by atoms with Crippen molar-refractivity contribution in [1.29, 1.82) is 0 Å². The van der Waals surface area contributed by atoms with Gasteiger partial charge in [0, 0.05) is 37.5 Å². The lowest BCUT2D eigenvalue weighted by atomic mass is 10.1. The van der Waals surface area contributed by atoms with Gasteiger partial charge in [-0.1, -0.05) is 6.07 Å². The van der Waals surface area contributed by atoms with Gasteiger partial charge in [-0.15, -0.1) is 0 Å². The molecule has 0 fully saturated rings. The molecular weight excluding hydrogens is 262 g/mol. The summed E-state index contributed by atoms with van der Waals surface area (Å²) in [7, 11) is 1.60. The van der Waals surface area contributed by atoms with Crippen LogP contribution < -0.4 is 4.90 Å². The van der Waals surface area contributed by atoms with Gasteiger partial charge in [-0.25, -0.2) is 8.78 Å². The molecule has 1 aromatic heterocycles. The highest BCUT2D eigenvalue weighted by atomic mass is 19.1. The average molecular weight is 276 g/mol. The monoisotopic (exact) mass is 276 g/mol. The van der Waals surface area contributed by atoms with E-state index >= 15 is 0 Å². The lowest BCUT2D eigenvalue weighted by Gasteiger charge is -2.20. The van der Waals surface area contributed by atoms with Gasteiger partial charge in [0.1, 0.15) is 23.6 Å². The minimum absolute atomic E-state index is 0.0122. The highest BCUT2D eigenvalue weighted by Gasteiger charge is 2.15. The number of carbonyl (C=O) groups excluding carboxylic acids is 1. The highest BCUT2D eigenvalue weighted by molar-refractivity contribution is 5.76. The van der Waals surface area contributed by atoms with Gasteiger partial charge < -0.3 is 4.90 Å². The van der Waals surface area contributed by atoms with Gasteiger partial charge in [-0.2, -0.15) is 0 Å². The molecule has 20 heavy (non-hydrogen) atoms. The van der Waals surface area contributed by atoms with Gasteiger partial charge in [-0.05, 0) is 24.3 Å². The lowest BCUT2D eigenvalue weighted by molar-refractivity contribution is 0.112. The summed E-state index contributed by atoms with van der Waals surface area (Å²) in [4.78, 5) is 16.2. The molecule has 0 saturated heterocycles. The summed E-state index contributed by atoms with van der Waals surface area (Å²) in [5.41, 5.74) is 0.707. The Bertz CT molecular complexity index is 579. The number of aldehydes is 1. The van der Waals surface area contributed by atoms with E-state index in [0.29, 0.717) is 19.3 Å². The van der Waals surface area contributed by atoms with Crippen LogP contribution in [0.2, 0.25) is 0 Å². The quantitative estimate of drug-likeness (QED) is 0.787. The number of hydrogen-bond acceptors (Lipinski definition) is 3. The van der Waals surface area contributed by atoms with E-state index in [1.165, 1.54) is 4.90 Å². The maximum atomic E-state index is 13.8. The Hall–Kier alpha value is -2.30. The number of hydrogen-bond donors (Lipinski definition) is 0. The van der Waals surface area contributed by atoms with Crippen LogP contribution in [0.25, 0.3) is 0 Å². The minimum Gasteiger partial charge on any atom is -0.369 e. The molecule has 1 heterocycles. The molecule has 0 amide bonds. The van der Waals surface area contributed by atoms with Crippen LogP contribution in [0, 0.1) is 11.6 Å². The van der Waals surface area contributed by atoms with Crippen molar-refractivity contribution in [1.82, 2.24) is 4.98 Å². The molecule has 0 unspecified atom stereocenters. The van der Waals surface area contributed by atoms with Crippen molar-refractivity contribution in [3.05, 3.63) is 59.4 Å². The Morgan fingerprint density at radius 2 is 1.95 bits per heavy atom. The van der Waals surface area contributed by atoms with E-state index in [0.717, 1.165) is 17.8 Å². The fourth-order valence-corrected chi connectivity index (χ4v) is 1.96. The number of benzene rings is 1. The second-order valence-corrected chi connectivity index (χ2v) is 4.44. The largest absolute Gasteiger partial charge is 0.369 e. The van der Waals surface area contributed by atoms with Gasteiger partial charge >= 0.3 is 0 Å². The minimum atomic E-state index is -0.740. The SMILES string of the molecule is CN(CCc1ccccn1)c1c(F)cc(C=O)cc1F. The number of rotatable bonds is 5. The Kier molecular flexibility index (Phi) is 4.40. The summed E-state index contributed by atoms with van der Waals surface area (Å²) >= 11 is 0. The third-order valence-corrected chi connectivity index (χ3v) is 2.99. The Morgan fingerprint density at radius 1 is 1.25 bits per heavy atom. The van der Waals surface area contributed by atoms with Crippen LogP contribution in [0.5, 0.6) is 0 Å². The predicted octanol–water partition coefficient (Wildman–Crippen LogP) is 2.85. The molecule has 5 heteroatoms. The standard InChI is InChI=1S/C15H14F2N2O/c1-19(7-5-12-4-2-3-6-18-12)15-13(16)8-11(10-20)9-14(15)17/h2-4,6,8-10H,5,7H2,1H3. The summed E-state index contributed by atoms with van der Waals surface area (Å²) in [6.45, 7) is 0.422. The van der Waals surface area contributed by atoms with Crippen molar-refractivity contribution in [3.63, 3.8) is 0 Å². The Balaban J connectivity index is 2.13. The van der Waals surface area contributed by atoms with E-state index in [2.05, 4.69) is 4.98 Å². The van der Waals surface area contributed by atoms with Gasteiger partial charge in [0.25, 0.3) is 0 Å². The van der Waals surface area contributed by atoms with Crippen molar-refractivity contribution < 1.29 is 13.6 Å². The molecular formula is C15H14F2N2O. The van der Waals surface area contributed by atoms with Crippen molar-refractivity contribution in [3.8, 4) is 0 Å². The first-order valence-corrected chi connectivity index (χ1v) is 6.17. The molecule has 104 valence electrons. The third-order valence-electron chi connectivity index (χ3n) is 2.99. The molecule has 2 rings (SSSR count). The van der Waals surface area contributed by atoms with Crippen molar-refractivity contribution >= 4 is 12.0 Å². The van der Waals surface area contributed by atoms with Crippen LogP contribution in [-0.2, 0) is 6.42 Å². The summed E-state index contributed by atoms with van der Waals surface area (Å²) < 4.78 is 27.6. The zero-order valence-electron chi connectivity index (χ0n) is 11.0. The molecule has 1 aromatic carbocycles. The van der Waals surface area contributed by atoms with Crippen molar-refractivity contribution in [2.24, 2.45) is 0 Å². The van der Waals surface area contributed by atoms with Crippen LogP contribution in [0.3, 0.4) is 0 Å². The molecule has 0 saturated carbocycles. The van der Waals surface area contributed by atoms with Crippen LogP contribution in [0.4, 0.5) is 14.5 Å². The molecule has 0 N–H and O–H groups in total. The predicted molar refractivity (Wildman–Crippen MR) is 73.0 cm³/mol. The Labute approximate surface area is 115 Å². The second kappa shape index (κ2) is 6.23. The summed E-state index contributed by atoms with van der Waals surface area (Å²) in [5, 5.41) is 0. The molecule has 0 bridgehead atoms. The van der Waals surface area contributed by atoms with E-state index in [-0.39, 0.29) is 11.3 Å². The van der Waals surface area contributed by atoms with Crippen molar-refractivity contribution in [2.45, 2.75) is 6.42 Å². The number of aromatic nitrogens is 1. The second-order valence-electron chi connectivity index (χ2n) is 4.44. The number of pyridine rings is 1.